The quantitative estimate of drug-likeness (QED) is 0.418. The number of hydrogen-bond donors (Lipinski definition) is 2. The van der Waals surface area contributed by atoms with E-state index in [0.29, 0.717) is 18.8 Å². The number of carbonyl (C=O) groups is 2. The van der Waals surface area contributed by atoms with Crippen molar-refractivity contribution in [3.05, 3.63) is 72.8 Å². The summed E-state index contributed by atoms with van der Waals surface area (Å²) in [6, 6.07) is 18.1. The van der Waals surface area contributed by atoms with Crippen molar-refractivity contribution in [2.45, 2.75) is 52.1 Å². The van der Waals surface area contributed by atoms with Gasteiger partial charge in [-0.05, 0) is 44.0 Å². The van der Waals surface area contributed by atoms with Crippen LogP contribution < -0.4 is 15.4 Å². The van der Waals surface area contributed by atoms with Crippen molar-refractivity contribution in [3.8, 4) is 22.7 Å². The van der Waals surface area contributed by atoms with Crippen LogP contribution in [-0.2, 0) is 16.0 Å². The molecule has 188 valence electrons. The first kappa shape index (κ1) is 25.4. The van der Waals surface area contributed by atoms with Gasteiger partial charge in [-0.2, -0.15) is 0 Å². The fourth-order valence-electron chi connectivity index (χ4n) is 4.52. The van der Waals surface area contributed by atoms with Crippen molar-refractivity contribution in [3.63, 3.8) is 0 Å². The number of primary amides is 1. The maximum Gasteiger partial charge on any atom is 0.311 e. The van der Waals surface area contributed by atoms with Crippen LogP contribution in [0, 0.1) is 5.92 Å². The van der Waals surface area contributed by atoms with E-state index < -0.39 is 5.60 Å². The highest BCUT2D eigenvalue weighted by atomic mass is 16.5. The molecule has 1 fully saturated rings. The molecule has 3 aromatic rings. The molecule has 1 aromatic heterocycles. The van der Waals surface area contributed by atoms with Gasteiger partial charge < -0.3 is 10.1 Å². The molecule has 1 aliphatic rings. The highest BCUT2D eigenvalue weighted by Gasteiger charge is 2.32. The number of nitrogens with two attached hydrogens (primary N) is 1. The summed E-state index contributed by atoms with van der Waals surface area (Å²) in [4.78, 5) is 24.4. The van der Waals surface area contributed by atoms with Crippen molar-refractivity contribution in [2.75, 3.05) is 11.9 Å². The second kappa shape index (κ2) is 10.9. The zero-order chi connectivity index (χ0) is 25.7. The third-order valence-corrected chi connectivity index (χ3v) is 6.26. The number of anilines is 1. The third kappa shape index (κ3) is 6.10. The SMILES string of the molecule is C=CCC(C)(C)Oc1cccc(-n2nc(NC(=O)[C@@H]3C[NH2+]C(=O)C3)cc2-c2cccc(CCC)c2)c1. The van der Waals surface area contributed by atoms with Gasteiger partial charge >= 0.3 is 5.91 Å². The van der Waals surface area contributed by atoms with Gasteiger partial charge in [0, 0.05) is 24.1 Å². The lowest BCUT2D eigenvalue weighted by Gasteiger charge is -2.25. The number of nitrogens with one attached hydrogen (secondary N) is 1. The molecule has 0 saturated carbocycles. The fourth-order valence-corrected chi connectivity index (χ4v) is 4.52. The van der Waals surface area contributed by atoms with E-state index >= 15 is 0 Å². The molecule has 3 N–H and O–H groups in total. The number of ether oxygens (including phenoxy) is 1. The minimum absolute atomic E-state index is 0.0188. The minimum atomic E-state index is -0.392. The Bertz CT molecular complexity index is 1260. The molecule has 0 radical (unpaired) electrons. The van der Waals surface area contributed by atoms with E-state index in [-0.39, 0.29) is 24.2 Å². The van der Waals surface area contributed by atoms with Gasteiger partial charge in [-0.1, -0.05) is 43.7 Å². The molecular formula is C29H35N4O3+. The first-order valence-electron chi connectivity index (χ1n) is 12.5. The molecule has 4 rings (SSSR count). The Morgan fingerprint density at radius 2 is 2.06 bits per heavy atom. The molecule has 0 bridgehead atoms. The molecule has 1 atom stereocenters. The second-order valence-corrected chi connectivity index (χ2v) is 9.93. The number of aryl methyl sites for hydroxylation is 1. The molecule has 7 nitrogen and oxygen atoms in total. The molecule has 1 aliphatic heterocycles. The maximum absolute atomic E-state index is 12.8. The lowest BCUT2D eigenvalue weighted by molar-refractivity contribution is -0.556. The summed E-state index contributed by atoms with van der Waals surface area (Å²) in [6.45, 7) is 10.5. The van der Waals surface area contributed by atoms with Crippen LogP contribution in [0.15, 0.2) is 67.3 Å². The van der Waals surface area contributed by atoms with Gasteiger partial charge in [-0.15, -0.1) is 11.7 Å². The van der Waals surface area contributed by atoms with Crippen LogP contribution in [-0.4, -0.2) is 33.7 Å². The van der Waals surface area contributed by atoms with Gasteiger partial charge in [-0.25, -0.2) is 9.48 Å². The lowest BCUT2D eigenvalue weighted by Crippen LogP contribution is -2.85. The van der Waals surface area contributed by atoms with Gasteiger partial charge in [0.25, 0.3) is 0 Å². The second-order valence-electron chi connectivity index (χ2n) is 9.93. The summed E-state index contributed by atoms with van der Waals surface area (Å²) in [5.41, 5.74) is 3.55. The van der Waals surface area contributed by atoms with Crippen LogP contribution in [0.1, 0.15) is 45.6 Å². The van der Waals surface area contributed by atoms with Crippen LogP contribution >= 0.6 is 0 Å². The van der Waals surface area contributed by atoms with Gasteiger partial charge in [0.1, 0.15) is 17.3 Å². The number of amides is 2. The predicted octanol–water partition coefficient (Wildman–Crippen LogP) is 4.27. The van der Waals surface area contributed by atoms with Crippen molar-refractivity contribution in [1.82, 2.24) is 9.78 Å². The Morgan fingerprint density at radius 3 is 2.78 bits per heavy atom. The smallest absolute Gasteiger partial charge is 0.311 e. The minimum Gasteiger partial charge on any atom is -0.487 e. The van der Waals surface area contributed by atoms with Crippen LogP contribution in [0.2, 0.25) is 0 Å². The van der Waals surface area contributed by atoms with Crippen molar-refractivity contribution in [2.24, 2.45) is 5.92 Å². The molecule has 0 spiro atoms. The van der Waals surface area contributed by atoms with E-state index in [1.807, 2.05) is 61.0 Å². The largest absolute Gasteiger partial charge is 0.487 e. The Labute approximate surface area is 212 Å². The van der Waals surface area contributed by atoms with Crippen LogP contribution in [0.5, 0.6) is 5.75 Å². The number of benzene rings is 2. The summed E-state index contributed by atoms with van der Waals surface area (Å²) in [5, 5.41) is 9.27. The van der Waals surface area contributed by atoms with Crippen molar-refractivity contribution < 1.29 is 19.6 Å². The average Bonchev–Trinajstić information content (AvgIpc) is 3.46. The topological polar surface area (TPSA) is 89.8 Å². The Hall–Kier alpha value is -3.71. The van der Waals surface area contributed by atoms with Crippen LogP contribution in [0.4, 0.5) is 5.82 Å². The number of hydrogen-bond acceptors (Lipinski definition) is 4. The van der Waals surface area contributed by atoms with Gasteiger partial charge in [-0.3, -0.25) is 10.1 Å². The Kier molecular flexibility index (Phi) is 7.70. The molecule has 7 heteroatoms. The fraction of sp³-hybridized carbons (Fsp3) is 0.345. The third-order valence-electron chi connectivity index (χ3n) is 6.26. The highest BCUT2D eigenvalue weighted by Crippen LogP contribution is 2.30. The summed E-state index contributed by atoms with van der Waals surface area (Å²) in [6.07, 6.45) is 4.86. The van der Waals surface area contributed by atoms with E-state index in [1.165, 1.54) is 5.56 Å². The van der Waals surface area contributed by atoms with E-state index in [9.17, 15) is 9.59 Å². The van der Waals surface area contributed by atoms with E-state index in [1.54, 1.807) is 5.32 Å². The molecular weight excluding hydrogens is 452 g/mol. The van der Waals surface area contributed by atoms with Gasteiger partial charge in [0.2, 0.25) is 5.91 Å². The zero-order valence-electron chi connectivity index (χ0n) is 21.3. The number of carbonyl (C=O) groups excluding carboxylic acids is 2. The van der Waals surface area contributed by atoms with E-state index in [0.717, 1.165) is 35.5 Å². The highest BCUT2D eigenvalue weighted by molar-refractivity contribution is 5.95. The molecule has 0 unspecified atom stereocenters. The van der Waals surface area contributed by atoms with Crippen molar-refractivity contribution in [1.29, 1.82) is 0 Å². The number of rotatable bonds is 10. The number of aromatic nitrogens is 2. The summed E-state index contributed by atoms with van der Waals surface area (Å²) in [7, 11) is 0. The number of quaternary nitrogens is 1. The zero-order valence-corrected chi connectivity index (χ0v) is 21.3. The summed E-state index contributed by atoms with van der Waals surface area (Å²) < 4.78 is 8.07. The number of nitrogens with zero attached hydrogens (tertiary/aromatic N) is 2. The summed E-state index contributed by atoms with van der Waals surface area (Å²) in [5.74, 6) is 0.670. The van der Waals surface area contributed by atoms with Crippen LogP contribution in [0.3, 0.4) is 0 Å². The molecule has 2 heterocycles. The van der Waals surface area contributed by atoms with Crippen molar-refractivity contribution >= 4 is 17.6 Å². The monoisotopic (exact) mass is 487 g/mol. The average molecular weight is 488 g/mol. The standard InChI is InChI=1S/C29H34N4O3/c1-5-9-20-10-7-11-21(15-20)25-18-26(31-28(35)22-16-27(34)30-19-22)32-33(25)23-12-8-13-24(17-23)36-29(3,4)14-6-2/h6-8,10-13,15,17-18,22H,2,5,9,14,16,19H2,1,3-4H3,(H,30,34)(H,31,32,35)/p+1/t22-/m0/s1. The van der Waals surface area contributed by atoms with Crippen LogP contribution in [0.25, 0.3) is 16.9 Å². The lowest BCUT2D eigenvalue weighted by atomic mass is 10.0. The van der Waals surface area contributed by atoms with E-state index in [4.69, 9.17) is 9.84 Å². The predicted molar refractivity (Wildman–Crippen MR) is 141 cm³/mol. The molecule has 2 amide bonds. The maximum atomic E-state index is 12.8. The molecule has 1 saturated heterocycles. The van der Waals surface area contributed by atoms with Gasteiger partial charge in [0.15, 0.2) is 5.82 Å². The molecule has 2 aromatic carbocycles. The summed E-state index contributed by atoms with van der Waals surface area (Å²) >= 11 is 0. The normalized spacial score (nSPS) is 15.6. The Balaban J connectivity index is 1.71. The first-order valence-corrected chi connectivity index (χ1v) is 12.5. The molecule has 0 aliphatic carbocycles. The Morgan fingerprint density at radius 1 is 1.25 bits per heavy atom. The first-order chi connectivity index (χ1) is 17.3. The molecule has 36 heavy (non-hydrogen) atoms. The van der Waals surface area contributed by atoms with E-state index in [2.05, 4.69) is 37.0 Å². The van der Waals surface area contributed by atoms with Gasteiger partial charge in [0.05, 0.1) is 24.3 Å².